The maximum Gasteiger partial charge on any atom is 0.341 e. The Kier molecular flexibility index (Phi) is 5.20. The lowest BCUT2D eigenvalue weighted by Gasteiger charge is -2.26. The molecule has 0 aliphatic carbocycles. The molecule has 1 aliphatic rings. The van der Waals surface area contributed by atoms with Crippen LogP contribution in [0.25, 0.3) is 11.0 Å². The number of piperidine rings is 1. The number of rotatable bonds is 2. The van der Waals surface area contributed by atoms with Crippen molar-refractivity contribution in [2.24, 2.45) is 0 Å². The Bertz CT molecular complexity index is 772. The number of nitrogens with one attached hydrogen (secondary N) is 1. The molecule has 6 nitrogen and oxygen atoms in total. The van der Waals surface area contributed by atoms with Crippen molar-refractivity contribution in [1.82, 2.24) is 14.9 Å². The number of carboxylic acid groups (broad SMARTS) is 1. The molecule has 0 amide bonds. The fourth-order valence-electron chi connectivity index (χ4n) is 2.71. The van der Waals surface area contributed by atoms with Crippen molar-refractivity contribution in [2.75, 3.05) is 13.1 Å². The summed E-state index contributed by atoms with van der Waals surface area (Å²) in [5.74, 6) is -1.21. The van der Waals surface area contributed by atoms with E-state index in [1.54, 1.807) is 12.3 Å². The molecule has 0 saturated carbocycles. The third kappa shape index (κ3) is 3.02. The van der Waals surface area contributed by atoms with Gasteiger partial charge in [-0.3, -0.25) is 4.79 Å². The van der Waals surface area contributed by atoms with E-state index in [2.05, 4.69) is 26.2 Å². The molecule has 0 aromatic carbocycles. The van der Waals surface area contributed by atoms with E-state index >= 15 is 0 Å². The number of fused-ring (bicyclic) bond motifs is 1. The molecular formula is C14H15BrClN3O3. The lowest BCUT2D eigenvalue weighted by molar-refractivity contribution is 0.0694. The number of hydrogen-bond acceptors (Lipinski definition) is 4. The molecule has 2 N–H and O–H groups in total. The topological polar surface area (TPSA) is 84.2 Å². The van der Waals surface area contributed by atoms with Gasteiger partial charge in [-0.25, -0.2) is 9.78 Å². The largest absolute Gasteiger partial charge is 0.477 e. The molecule has 2 aromatic rings. The fraction of sp³-hybridized carbons (Fsp3) is 0.357. The van der Waals surface area contributed by atoms with Crippen molar-refractivity contribution in [2.45, 2.75) is 18.9 Å². The van der Waals surface area contributed by atoms with Crippen LogP contribution in [-0.4, -0.2) is 33.7 Å². The molecule has 8 heteroatoms. The first-order valence-electron chi connectivity index (χ1n) is 6.72. The number of carbonyl (C=O) groups is 1. The van der Waals surface area contributed by atoms with Crippen LogP contribution in [0.15, 0.2) is 27.7 Å². The van der Waals surface area contributed by atoms with Gasteiger partial charge in [-0.15, -0.1) is 12.4 Å². The summed E-state index contributed by atoms with van der Waals surface area (Å²) in [6.07, 6.45) is 4.99. The summed E-state index contributed by atoms with van der Waals surface area (Å²) in [5.41, 5.74) is -0.179. The number of halogens is 2. The van der Waals surface area contributed by atoms with Crippen molar-refractivity contribution in [3.63, 3.8) is 0 Å². The van der Waals surface area contributed by atoms with Gasteiger partial charge in [0, 0.05) is 29.5 Å². The molecule has 1 saturated heterocycles. The summed E-state index contributed by atoms with van der Waals surface area (Å²) >= 11 is 3.28. The Hall–Kier alpha value is -1.44. The van der Waals surface area contributed by atoms with Crippen molar-refractivity contribution in [1.29, 1.82) is 0 Å². The molecule has 0 radical (unpaired) electrons. The Morgan fingerprint density at radius 2 is 2.27 bits per heavy atom. The Balaban J connectivity index is 0.00000176. The first kappa shape index (κ1) is 16.9. The Morgan fingerprint density at radius 1 is 1.50 bits per heavy atom. The molecule has 0 bridgehead atoms. The normalized spacial score (nSPS) is 18.0. The van der Waals surface area contributed by atoms with E-state index in [0.29, 0.717) is 15.5 Å². The fourth-order valence-corrected chi connectivity index (χ4v) is 3.04. The minimum Gasteiger partial charge on any atom is -0.477 e. The van der Waals surface area contributed by atoms with Crippen LogP contribution >= 0.6 is 28.3 Å². The van der Waals surface area contributed by atoms with Gasteiger partial charge in [0.15, 0.2) is 0 Å². The SMILES string of the molecule is Cl.O=C(O)c1cn(C2CCCNC2)c2ncc(Br)cc2c1=O. The zero-order valence-electron chi connectivity index (χ0n) is 11.6. The highest BCUT2D eigenvalue weighted by Gasteiger charge is 2.21. The summed E-state index contributed by atoms with van der Waals surface area (Å²) in [7, 11) is 0. The maximum absolute atomic E-state index is 12.3. The van der Waals surface area contributed by atoms with Crippen LogP contribution in [0.1, 0.15) is 29.2 Å². The Labute approximate surface area is 141 Å². The predicted octanol–water partition coefficient (Wildman–Crippen LogP) is 2.20. The molecule has 1 fully saturated rings. The molecule has 22 heavy (non-hydrogen) atoms. The number of pyridine rings is 2. The van der Waals surface area contributed by atoms with Crippen LogP contribution in [0.4, 0.5) is 0 Å². The van der Waals surface area contributed by atoms with Crippen molar-refractivity contribution < 1.29 is 9.90 Å². The van der Waals surface area contributed by atoms with Gasteiger partial charge < -0.3 is 15.0 Å². The average Bonchev–Trinajstić information content (AvgIpc) is 2.48. The van der Waals surface area contributed by atoms with Gasteiger partial charge in [0.2, 0.25) is 5.43 Å². The van der Waals surface area contributed by atoms with Gasteiger partial charge in [-0.05, 0) is 41.4 Å². The van der Waals surface area contributed by atoms with Crippen LogP contribution in [0.5, 0.6) is 0 Å². The smallest absolute Gasteiger partial charge is 0.341 e. The summed E-state index contributed by atoms with van der Waals surface area (Å²) in [4.78, 5) is 27.9. The van der Waals surface area contributed by atoms with E-state index in [9.17, 15) is 14.7 Å². The number of aromatic carboxylic acids is 1. The highest BCUT2D eigenvalue weighted by molar-refractivity contribution is 9.10. The van der Waals surface area contributed by atoms with Gasteiger partial charge in [0.05, 0.1) is 5.39 Å². The van der Waals surface area contributed by atoms with E-state index in [1.165, 1.54) is 6.20 Å². The molecule has 0 spiro atoms. The number of nitrogens with zero attached hydrogens (tertiary/aromatic N) is 2. The highest BCUT2D eigenvalue weighted by Crippen LogP contribution is 2.22. The molecule has 118 valence electrons. The van der Waals surface area contributed by atoms with Crippen LogP contribution in [0.2, 0.25) is 0 Å². The minimum absolute atomic E-state index is 0. The number of carboxylic acids is 1. The van der Waals surface area contributed by atoms with Gasteiger partial charge in [0.25, 0.3) is 0 Å². The third-order valence-corrected chi connectivity index (χ3v) is 4.16. The van der Waals surface area contributed by atoms with Gasteiger partial charge >= 0.3 is 5.97 Å². The lowest BCUT2D eigenvalue weighted by atomic mass is 10.1. The molecule has 3 rings (SSSR count). The molecule has 3 heterocycles. The van der Waals surface area contributed by atoms with E-state index in [-0.39, 0.29) is 24.0 Å². The Morgan fingerprint density at radius 3 is 2.91 bits per heavy atom. The average molecular weight is 389 g/mol. The standard InChI is InChI=1S/C14H14BrN3O3.ClH/c15-8-4-10-12(19)11(14(20)21)7-18(13(10)17-5-8)9-2-1-3-16-6-9;/h4-5,7,9,16H,1-3,6H2,(H,20,21);1H. The van der Waals surface area contributed by atoms with Crippen LogP contribution in [0.3, 0.4) is 0 Å². The van der Waals surface area contributed by atoms with E-state index in [0.717, 1.165) is 25.9 Å². The monoisotopic (exact) mass is 387 g/mol. The molecule has 1 atom stereocenters. The van der Waals surface area contributed by atoms with Crippen molar-refractivity contribution >= 4 is 45.3 Å². The first-order valence-corrected chi connectivity index (χ1v) is 7.51. The summed E-state index contributed by atoms with van der Waals surface area (Å²) in [6, 6.07) is 1.73. The van der Waals surface area contributed by atoms with Gasteiger partial charge in [-0.2, -0.15) is 0 Å². The number of hydrogen-bond donors (Lipinski definition) is 2. The molecule has 1 aliphatic heterocycles. The van der Waals surface area contributed by atoms with Gasteiger partial charge in [-0.1, -0.05) is 0 Å². The van der Waals surface area contributed by atoms with Crippen LogP contribution < -0.4 is 10.7 Å². The predicted molar refractivity (Wildman–Crippen MR) is 89.1 cm³/mol. The van der Waals surface area contributed by atoms with Crippen LogP contribution in [-0.2, 0) is 0 Å². The lowest BCUT2D eigenvalue weighted by Crippen LogP contribution is -2.33. The second-order valence-electron chi connectivity index (χ2n) is 5.11. The highest BCUT2D eigenvalue weighted by atomic mass is 79.9. The van der Waals surface area contributed by atoms with Crippen molar-refractivity contribution in [3.05, 3.63) is 38.7 Å². The maximum atomic E-state index is 12.3. The second-order valence-corrected chi connectivity index (χ2v) is 6.02. The van der Waals surface area contributed by atoms with E-state index in [1.807, 2.05) is 4.57 Å². The minimum atomic E-state index is -1.21. The third-order valence-electron chi connectivity index (χ3n) is 3.73. The molecule has 2 aromatic heterocycles. The van der Waals surface area contributed by atoms with Crippen LogP contribution in [0, 0.1) is 0 Å². The second kappa shape index (κ2) is 6.76. The zero-order valence-corrected chi connectivity index (χ0v) is 14.0. The zero-order chi connectivity index (χ0) is 15.0. The molecule has 1 unspecified atom stereocenters. The van der Waals surface area contributed by atoms with E-state index in [4.69, 9.17) is 0 Å². The van der Waals surface area contributed by atoms with E-state index < -0.39 is 11.4 Å². The van der Waals surface area contributed by atoms with Gasteiger partial charge in [0.1, 0.15) is 11.2 Å². The summed E-state index contributed by atoms with van der Waals surface area (Å²) in [5, 5.41) is 12.9. The summed E-state index contributed by atoms with van der Waals surface area (Å²) < 4.78 is 2.47. The number of aromatic nitrogens is 2. The quantitative estimate of drug-likeness (QED) is 0.824. The summed E-state index contributed by atoms with van der Waals surface area (Å²) in [6.45, 7) is 1.70. The van der Waals surface area contributed by atoms with Crippen molar-refractivity contribution in [3.8, 4) is 0 Å². The first-order chi connectivity index (χ1) is 10.1. The molecular weight excluding hydrogens is 374 g/mol.